The van der Waals surface area contributed by atoms with Gasteiger partial charge in [0.05, 0.1) is 6.04 Å². The molecule has 0 amide bonds. The second-order valence-electron chi connectivity index (χ2n) is 6.08. The molecule has 1 saturated heterocycles. The van der Waals surface area contributed by atoms with Gasteiger partial charge in [0.1, 0.15) is 0 Å². The fourth-order valence-electron chi connectivity index (χ4n) is 3.26. The molecule has 1 aliphatic rings. The zero-order valence-corrected chi connectivity index (χ0v) is 12.9. The quantitative estimate of drug-likeness (QED) is 0.926. The lowest BCUT2D eigenvalue weighted by Gasteiger charge is -2.43. The minimum atomic E-state index is 0.340. The van der Waals surface area contributed by atoms with Crippen LogP contribution < -0.4 is 5.32 Å². The van der Waals surface area contributed by atoms with Gasteiger partial charge in [0, 0.05) is 25.2 Å². The van der Waals surface area contributed by atoms with E-state index in [0.717, 1.165) is 13.1 Å². The van der Waals surface area contributed by atoms with Crippen LogP contribution in [0, 0.1) is 0 Å². The molecule has 1 aliphatic heterocycles. The second-order valence-corrected chi connectivity index (χ2v) is 6.08. The molecule has 3 rings (SSSR count). The molecule has 2 atom stereocenters. The standard InChI is InChI=1S/C19H24N2/c1-15-14-21(16(2)13-20-15)19(17-9-5-3-6-10-17)18-11-7-4-8-12-18/h3-12,15-16,19-20H,13-14H2,1-2H3/t15-,16+/m1/s1. The summed E-state index contributed by atoms with van der Waals surface area (Å²) in [5.74, 6) is 0. The Labute approximate surface area is 127 Å². The van der Waals surface area contributed by atoms with Gasteiger partial charge >= 0.3 is 0 Å². The van der Waals surface area contributed by atoms with Crippen LogP contribution >= 0.6 is 0 Å². The molecule has 0 bridgehead atoms. The van der Waals surface area contributed by atoms with Gasteiger partial charge < -0.3 is 5.32 Å². The van der Waals surface area contributed by atoms with Crippen LogP contribution in [0.3, 0.4) is 0 Å². The van der Waals surface area contributed by atoms with E-state index in [4.69, 9.17) is 0 Å². The second kappa shape index (κ2) is 6.42. The lowest BCUT2D eigenvalue weighted by Crippen LogP contribution is -2.55. The maximum atomic E-state index is 3.58. The summed E-state index contributed by atoms with van der Waals surface area (Å²) in [4.78, 5) is 2.63. The summed E-state index contributed by atoms with van der Waals surface area (Å²) in [5.41, 5.74) is 2.76. The minimum absolute atomic E-state index is 0.340. The minimum Gasteiger partial charge on any atom is -0.311 e. The highest BCUT2D eigenvalue weighted by Crippen LogP contribution is 2.31. The predicted octanol–water partition coefficient (Wildman–Crippen LogP) is 3.46. The first-order valence-corrected chi connectivity index (χ1v) is 7.84. The maximum absolute atomic E-state index is 3.58. The van der Waals surface area contributed by atoms with Crippen molar-refractivity contribution in [3.05, 3.63) is 71.8 Å². The van der Waals surface area contributed by atoms with Crippen molar-refractivity contribution in [1.29, 1.82) is 0 Å². The lowest BCUT2D eigenvalue weighted by atomic mass is 9.94. The van der Waals surface area contributed by atoms with Gasteiger partial charge in [-0.2, -0.15) is 0 Å². The van der Waals surface area contributed by atoms with E-state index in [1.54, 1.807) is 0 Å². The molecule has 0 aliphatic carbocycles. The zero-order chi connectivity index (χ0) is 14.7. The van der Waals surface area contributed by atoms with Crippen molar-refractivity contribution in [2.24, 2.45) is 0 Å². The van der Waals surface area contributed by atoms with Crippen LogP contribution in [0.1, 0.15) is 31.0 Å². The first-order valence-electron chi connectivity index (χ1n) is 7.84. The SMILES string of the molecule is C[C@@H]1CN(C(c2ccccc2)c2ccccc2)[C@@H](C)CN1. The molecule has 2 heteroatoms. The van der Waals surface area contributed by atoms with Crippen LogP contribution in [0.4, 0.5) is 0 Å². The van der Waals surface area contributed by atoms with E-state index in [9.17, 15) is 0 Å². The third kappa shape index (κ3) is 3.17. The highest BCUT2D eigenvalue weighted by molar-refractivity contribution is 5.32. The van der Waals surface area contributed by atoms with Crippen LogP contribution in [0.25, 0.3) is 0 Å². The average molecular weight is 280 g/mol. The molecule has 21 heavy (non-hydrogen) atoms. The normalized spacial score (nSPS) is 23.4. The lowest BCUT2D eigenvalue weighted by molar-refractivity contribution is 0.113. The Balaban J connectivity index is 2.00. The summed E-state index contributed by atoms with van der Waals surface area (Å²) in [6, 6.07) is 23.1. The monoisotopic (exact) mass is 280 g/mol. The van der Waals surface area contributed by atoms with Gasteiger partial charge in [-0.3, -0.25) is 4.90 Å². The molecule has 0 aromatic heterocycles. The Kier molecular flexibility index (Phi) is 4.37. The van der Waals surface area contributed by atoms with Crippen molar-refractivity contribution in [1.82, 2.24) is 10.2 Å². The number of rotatable bonds is 3. The highest BCUT2D eigenvalue weighted by Gasteiger charge is 2.30. The molecule has 110 valence electrons. The number of hydrogen-bond acceptors (Lipinski definition) is 2. The van der Waals surface area contributed by atoms with E-state index < -0.39 is 0 Å². The van der Waals surface area contributed by atoms with Gasteiger partial charge in [0.2, 0.25) is 0 Å². The largest absolute Gasteiger partial charge is 0.311 e. The molecule has 1 N–H and O–H groups in total. The summed E-state index contributed by atoms with van der Waals surface area (Å²) in [7, 11) is 0. The molecular weight excluding hydrogens is 256 g/mol. The Hall–Kier alpha value is -1.64. The molecule has 2 nitrogen and oxygen atoms in total. The molecule has 2 aromatic rings. The molecule has 2 aromatic carbocycles. The van der Waals surface area contributed by atoms with E-state index in [0.29, 0.717) is 18.1 Å². The summed E-state index contributed by atoms with van der Waals surface area (Å²) >= 11 is 0. The average Bonchev–Trinajstić information content (AvgIpc) is 2.53. The third-order valence-corrected chi connectivity index (χ3v) is 4.37. The molecule has 0 unspecified atom stereocenters. The predicted molar refractivity (Wildman–Crippen MR) is 88.4 cm³/mol. The highest BCUT2D eigenvalue weighted by atomic mass is 15.2. The summed E-state index contributed by atoms with van der Waals surface area (Å²) in [5, 5.41) is 3.58. The molecule has 0 saturated carbocycles. The van der Waals surface area contributed by atoms with Crippen molar-refractivity contribution in [2.75, 3.05) is 13.1 Å². The van der Waals surface area contributed by atoms with Crippen molar-refractivity contribution >= 4 is 0 Å². The Morgan fingerprint density at radius 3 is 1.95 bits per heavy atom. The maximum Gasteiger partial charge on any atom is 0.0605 e. The van der Waals surface area contributed by atoms with E-state index in [-0.39, 0.29) is 0 Å². The van der Waals surface area contributed by atoms with Gasteiger partial charge in [-0.25, -0.2) is 0 Å². The number of benzene rings is 2. The van der Waals surface area contributed by atoms with Crippen molar-refractivity contribution in [2.45, 2.75) is 32.0 Å². The summed E-state index contributed by atoms with van der Waals surface area (Å²) < 4.78 is 0. The molecule has 0 radical (unpaired) electrons. The van der Waals surface area contributed by atoms with Crippen LogP contribution in [0.2, 0.25) is 0 Å². The zero-order valence-electron chi connectivity index (χ0n) is 12.9. The van der Waals surface area contributed by atoms with Gasteiger partial charge in [0.15, 0.2) is 0 Å². The molecule has 1 heterocycles. The van der Waals surface area contributed by atoms with Crippen molar-refractivity contribution in [3.63, 3.8) is 0 Å². The van der Waals surface area contributed by atoms with Crippen LogP contribution in [-0.4, -0.2) is 30.1 Å². The first kappa shape index (κ1) is 14.3. The van der Waals surface area contributed by atoms with Gasteiger partial charge in [-0.05, 0) is 25.0 Å². The number of hydrogen-bond donors (Lipinski definition) is 1. The molecular formula is C19H24N2. The smallest absolute Gasteiger partial charge is 0.0605 e. The Morgan fingerprint density at radius 2 is 1.43 bits per heavy atom. The van der Waals surface area contributed by atoms with Crippen LogP contribution in [-0.2, 0) is 0 Å². The fourth-order valence-corrected chi connectivity index (χ4v) is 3.26. The number of nitrogens with zero attached hydrogens (tertiary/aromatic N) is 1. The Bertz CT molecular complexity index is 513. The van der Waals surface area contributed by atoms with E-state index in [1.165, 1.54) is 11.1 Å². The van der Waals surface area contributed by atoms with Crippen LogP contribution in [0.5, 0.6) is 0 Å². The molecule has 0 spiro atoms. The van der Waals surface area contributed by atoms with Gasteiger partial charge in [-0.1, -0.05) is 60.7 Å². The third-order valence-electron chi connectivity index (χ3n) is 4.37. The van der Waals surface area contributed by atoms with Crippen molar-refractivity contribution in [3.8, 4) is 0 Å². The van der Waals surface area contributed by atoms with E-state index in [2.05, 4.69) is 84.7 Å². The van der Waals surface area contributed by atoms with E-state index in [1.807, 2.05) is 0 Å². The van der Waals surface area contributed by atoms with Crippen LogP contribution in [0.15, 0.2) is 60.7 Å². The van der Waals surface area contributed by atoms with Crippen molar-refractivity contribution < 1.29 is 0 Å². The fraction of sp³-hybridized carbons (Fsp3) is 0.368. The van der Waals surface area contributed by atoms with E-state index >= 15 is 0 Å². The Morgan fingerprint density at radius 1 is 0.905 bits per heavy atom. The topological polar surface area (TPSA) is 15.3 Å². The number of piperazine rings is 1. The number of nitrogens with one attached hydrogen (secondary N) is 1. The summed E-state index contributed by atoms with van der Waals surface area (Å²) in [6.45, 7) is 6.72. The first-order chi connectivity index (χ1) is 10.3. The summed E-state index contributed by atoms with van der Waals surface area (Å²) in [6.07, 6.45) is 0. The molecule has 1 fully saturated rings. The van der Waals surface area contributed by atoms with Gasteiger partial charge in [0.25, 0.3) is 0 Å². The van der Waals surface area contributed by atoms with Gasteiger partial charge in [-0.15, -0.1) is 0 Å².